The van der Waals surface area contributed by atoms with Crippen molar-refractivity contribution in [2.75, 3.05) is 27.2 Å². The number of ether oxygens (including phenoxy) is 1. The number of nitrogens with zero attached hydrogens (tertiary/aromatic N) is 1. The summed E-state index contributed by atoms with van der Waals surface area (Å²) in [4.78, 5) is 14.6. The number of benzene rings is 1. The minimum Gasteiger partial charge on any atom is -0.496 e. The summed E-state index contributed by atoms with van der Waals surface area (Å²) in [6, 6.07) is 8.31. The molecule has 1 heterocycles. The highest BCUT2D eigenvalue weighted by molar-refractivity contribution is 5.78. The Morgan fingerprint density at radius 2 is 2.24 bits per heavy atom. The summed E-state index contributed by atoms with van der Waals surface area (Å²) in [6.07, 6.45) is 2.76. The second-order valence-electron chi connectivity index (χ2n) is 5.79. The summed E-state index contributed by atoms with van der Waals surface area (Å²) in [5.41, 5.74) is 1.11. The third-order valence-electron chi connectivity index (χ3n) is 4.29. The molecule has 4 nitrogen and oxygen atoms in total. The number of hydrogen-bond acceptors (Lipinski definition) is 3. The average Bonchev–Trinajstić information content (AvgIpc) is 2.96. The molecule has 2 rings (SSSR count). The van der Waals surface area contributed by atoms with Crippen molar-refractivity contribution in [3.05, 3.63) is 29.8 Å². The largest absolute Gasteiger partial charge is 0.496 e. The maximum Gasteiger partial charge on any atom is 0.223 e. The van der Waals surface area contributed by atoms with E-state index in [1.54, 1.807) is 7.11 Å². The van der Waals surface area contributed by atoms with Crippen LogP contribution in [0.15, 0.2) is 24.3 Å². The van der Waals surface area contributed by atoms with E-state index in [1.807, 2.05) is 36.2 Å². The van der Waals surface area contributed by atoms with Crippen LogP contribution in [0, 0.1) is 0 Å². The first kappa shape index (κ1) is 15.8. The van der Waals surface area contributed by atoms with E-state index in [4.69, 9.17) is 4.74 Å². The number of carbonyl (C=O) groups is 1. The third kappa shape index (κ3) is 3.76. The van der Waals surface area contributed by atoms with Gasteiger partial charge in [0.25, 0.3) is 0 Å². The minimum absolute atomic E-state index is 0.171. The van der Waals surface area contributed by atoms with Gasteiger partial charge in [-0.05, 0) is 37.4 Å². The molecule has 1 aromatic carbocycles. The first-order chi connectivity index (χ1) is 10.2. The zero-order valence-electron chi connectivity index (χ0n) is 13.3. The zero-order valence-corrected chi connectivity index (χ0v) is 13.3. The number of para-hydroxylation sites is 1. The maximum atomic E-state index is 12.6. The molecule has 0 aromatic heterocycles. The Hall–Kier alpha value is -1.55. The van der Waals surface area contributed by atoms with Gasteiger partial charge in [0.1, 0.15) is 5.75 Å². The minimum atomic E-state index is 0.171. The molecule has 0 spiro atoms. The highest BCUT2D eigenvalue weighted by Gasteiger charge is 2.29. The van der Waals surface area contributed by atoms with Gasteiger partial charge in [-0.3, -0.25) is 4.79 Å². The van der Waals surface area contributed by atoms with Crippen LogP contribution in [0.4, 0.5) is 0 Å². The molecule has 4 heteroatoms. The fraction of sp³-hybridized carbons (Fsp3) is 0.588. The SMILES string of the molecule is CNCC1CCCN1C(=O)CC(C)c1ccccc1OC. The van der Waals surface area contributed by atoms with Crippen molar-refractivity contribution in [2.45, 2.75) is 38.1 Å². The van der Waals surface area contributed by atoms with Crippen LogP contribution >= 0.6 is 0 Å². The lowest BCUT2D eigenvalue weighted by molar-refractivity contribution is -0.132. The standard InChI is InChI=1S/C17H26N2O2/c1-13(15-8-4-5-9-16(15)21-3)11-17(20)19-10-6-7-14(19)12-18-2/h4-5,8-9,13-14,18H,6-7,10-12H2,1-3H3. The van der Waals surface area contributed by atoms with Crippen LogP contribution in [0.5, 0.6) is 5.75 Å². The van der Waals surface area contributed by atoms with Gasteiger partial charge in [-0.2, -0.15) is 0 Å². The van der Waals surface area contributed by atoms with Gasteiger partial charge < -0.3 is 15.0 Å². The van der Waals surface area contributed by atoms with E-state index in [9.17, 15) is 4.79 Å². The van der Waals surface area contributed by atoms with Crippen molar-refractivity contribution in [3.8, 4) is 5.75 Å². The first-order valence-corrected chi connectivity index (χ1v) is 7.74. The molecule has 2 unspecified atom stereocenters. The highest BCUT2D eigenvalue weighted by Crippen LogP contribution is 2.30. The van der Waals surface area contributed by atoms with Crippen molar-refractivity contribution in [1.82, 2.24) is 10.2 Å². The molecule has 0 aliphatic carbocycles. The van der Waals surface area contributed by atoms with Gasteiger partial charge in [-0.25, -0.2) is 0 Å². The van der Waals surface area contributed by atoms with Crippen molar-refractivity contribution in [3.63, 3.8) is 0 Å². The van der Waals surface area contributed by atoms with Crippen molar-refractivity contribution in [2.24, 2.45) is 0 Å². The lowest BCUT2D eigenvalue weighted by Crippen LogP contribution is -2.41. The van der Waals surface area contributed by atoms with Crippen LogP contribution in [0.2, 0.25) is 0 Å². The van der Waals surface area contributed by atoms with Crippen LogP contribution in [0.3, 0.4) is 0 Å². The summed E-state index contributed by atoms with van der Waals surface area (Å²) in [6.45, 7) is 3.87. The number of methoxy groups -OCH3 is 1. The molecule has 1 aliphatic rings. The van der Waals surface area contributed by atoms with E-state index in [1.165, 1.54) is 0 Å². The molecule has 1 amide bonds. The summed E-state index contributed by atoms with van der Waals surface area (Å²) < 4.78 is 5.40. The van der Waals surface area contributed by atoms with Gasteiger partial charge in [0.2, 0.25) is 5.91 Å². The third-order valence-corrected chi connectivity index (χ3v) is 4.29. The lowest BCUT2D eigenvalue weighted by Gasteiger charge is -2.26. The number of carbonyl (C=O) groups excluding carboxylic acids is 1. The fourth-order valence-electron chi connectivity index (χ4n) is 3.17. The summed E-state index contributed by atoms with van der Waals surface area (Å²) >= 11 is 0. The second-order valence-corrected chi connectivity index (χ2v) is 5.79. The van der Waals surface area contributed by atoms with Gasteiger partial charge in [-0.1, -0.05) is 25.1 Å². The first-order valence-electron chi connectivity index (χ1n) is 7.74. The molecule has 0 saturated carbocycles. The number of nitrogens with one attached hydrogen (secondary N) is 1. The molecule has 1 aromatic rings. The van der Waals surface area contributed by atoms with E-state index >= 15 is 0 Å². The molecule has 0 bridgehead atoms. The molecule has 2 atom stereocenters. The Kier molecular flexibility index (Phi) is 5.62. The maximum absolute atomic E-state index is 12.6. The quantitative estimate of drug-likeness (QED) is 0.874. The zero-order chi connectivity index (χ0) is 15.2. The normalized spacial score (nSPS) is 19.6. The number of rotatable bonds is 6. The Bertz CT molecular complexity index is 476. The van der Waals surface area contributed by atoms with Crippen LogP contribution in [-0.2, 0) is 4.79 Å². The molecule has 116 valence electrons. The topological polar surface area (TPSA) is 41.6 Å². The van der Waals surface area contributed by atoms with Crippen molar-refractivity contribution in [1.29, 1.82) is 0 Å². The van der Waals surface area contributed by atoms with Gasteiger partial charge in [-0.15, -0.1) is 0 Å². The smallest absolute Gasteiger partial charge is 0.223 e. The van der Waals surface area contributed by atoms with E-state index in [0.29, 0.717) is 12.5 Å². The Balaban J connectivity index is 2.01. The summed E-state index contributed by atoms with van der Waals surface area (Å²) in [5.74, 6) is 1.29. The number of amides is 1. The number of likely N-dealkylation sites (N-methyl/N-ethyl adjacent to an activating group) is 1. The van der Waals surface area contributed by atoms with Gasteiger partial charge in [0.05, 0.1) is 7.11 Å². The number of likely N-dealkylation sites (tertiary alicyclic amines) is 1. The van der Waals surface area contributed by atoms with Crippen molar-refractivity contribution < 1.29 is 9.53 Å². The molecule has 0 radical (unpaired) electrons. The van der Waals surface area contributed by atoms with Gasteiger partial charge in [0, 0.05) is 25.6 Å². The Morgan fingerprint density at radius 1 is 1.48 bits per heavy atom. The van der Waals surface area contributed by atoms with Crippen LogP contribution in [-0.4, -0.2) is 44.1 Å². The molecule has 1 fully saturated rings. The monoisotopic (exact) mass is 290 g/mol. The fourth-order valence-corrected chi connectivity index (χ4v) is 3.17. The average molecular weight is 290 g/mol. The molecule has 21 heavy (non-hydrogen) atoms. The van der Waals surface area contributed by atoms with Crippen molar-refractivity contribution >= 4 is 5.91 Å². The van der Waals surface area contributed by atoms with Gasteiger partial charge >= 0.3 is 0 Å². The molecular weight excluding hydrogens is 264 g/mol. The second kappa shape index (κ2) is 7.46. The molecule has 1 N–H and O–H groups in total. The van der Waals surface area contributed by atoms with E-state index in [-0.39, 0.29) is 11.8 Å². The highest BCUT2D eigenvalue weighted by atomic mass is 16.5. The summed E-state index contributed by atoms with van der Waals surface area (Å²) in [7, 11) is 3.62. The van der Waals surface area contributed by atoms with Crippen LogP contribution < -0.4 is 10.1 Å². The number of hydrogen-bond donors (Lipinski definition) is 1. The summed E-state index contributed by atoms with van der Waals surface area (Å²) in [5, 5.41) is 3.18. The van der Waals surface area contributed by atoms with E-state index in [0.717, 1.165) is 37.2 Å². The molecule has 1 saturated heterocycles. The Morgan fingerprint density at radius 3 is 2.95 bits per heavy atom. The predicted molar refractivity (Wildman–Crippen MR) is 84.7 cm³/mol. The van der Waals surface area contributed by atoms with E-state index in [2.05, 4.69) is 12.2 Å². The van der Waals surface area contributed by atoms with E-state index < -0.39 is 0 Å². The predicted octanol–water partition coefficient (Wildman–Crippen LogP) is 2.40. The van der Waals surface area contributed by atoms with Gasteiger partial charge in [0.15, 0.2) is 0 Å². The van der Waals surface area contributed by atoms with Crippen LogP contribution in [0.25, 0.3) is 0 Å². The Labute approximate surface area is 127 Å². The molecular formula is C17H26N2O2. The van der Waals surface area contributed by atoms with Crippen LogP contribution in [0.1, 0.15) is 37.7 Å². The molecule has 1 aliphatic heterocycles. The lowest BCUT2D eigenvalue weighted by atomic mass is 9.96.